The average molecular weight is 370 g/mol. The number of rotatable bonds is 6. The Morgan fingerprint density at radius 2 is 1.96 bits per heavy atom. The molecule has 0 amide bonds. The van der Waals surface area contributed by atoms with Crippen LogP contribution in [0.2, 0.25) is 0 Å². The highest BCUT2D eigenvalue weighted by molar-refractivity contribution is 7.97. The summed E-state index contributed by atoms with van der Waals surface area (Å²) in [6.45, 7) is 2.45. The lowest BCUT2D eigenvalue weighted by molar-refractivity contribution is 0.174. The van der Waals surface area contributed by atoms with Gasteiger partial charge in [0.1, 0.15) is 0 Å². The van der Waals surface area contributed by atoms with Gasteiger partial charge >= 0.3 is 0 Å². The van der Waals surface area contributed by atoms with Gasteiger partial charge in [-0.05, 0) is 30.2 Å². The monoisotopic (exact) mass is 369 g/mol. The molecule has 0 saturated carbocycles. The number of hydrogen-bond acceptors (Lipinski definition) is 5. The van der Waals surface area contributed by atoms with Crippen molar-refractivity contribution in [2.45, 2.75) is 24.9 Å². The first kappa shape index (κ1) is 16.5. The molecule has 1 aliphatic rings. The Morgan fingerprint density at radius 3 is 2.88 bits per heavy atom. The molecule has 1 aliphatic heterocycles. The van der Waals surface area contributed by atoms with Gasteiger partial charge in [0, 0.05) is 23.3 Å². The highest BCUT2D eigenvalue weighted by Gasteiger charge is 2.14. The molecular weight excluding hydrogens is 350 g/mol. The van der Waals surface area contributed by atoms with E-state index in [0.717, 1.165) is 34.4 Å². The van der Waals surface area contributed by atoms with Gasteiger partial charge in [0.05, 0.1) is 10.7 Å². The van der Waals surface area contributed by atoms with Crippen molar-refractivity contribution >= 4 is 23.1 Å². The third kappa shape index (κ3) is 4.17. The summed E-state index contributed by atoms with van der Waals surface area (Å²) >= 11 is 3.64. The third-order valence-corrected chi connectivity index (χ3v) is 5.93. The second kappa shape index (κ2) is 7.50. The van der Waals surface area contributed by atoms with Crippen molar-refractivity contribution in [1.29, 1.82) is 0 Å². The molecule has 0 bridgehead atoms. The summed E-state index contributed by atoms with van der Waals surface area (Å²) in [5.41, 5.74) is 5.06. The Kier molecular flexibility index (Phi) is 4.95. The predicted molar refractivity (Wildman–Crippen MR) is 104 cm³/mol. The Labute approximate surface area is 156 Å². The Balaban J connectivity index is 1.32. The summed E-state index contributed by atoms with van der Waals surface area (Å²) in [6.07, 6.45) is 0.837. The number of ether oxygens (including phenoxy) is 2. The molecule has 0 atom stereocenters. The van der Waals surface area contributed by atoms with E-state index in [2.05, 4.69) is 48.7 Å². The van der Waals surface area contributed by atoms with Crippen molar-refractivity contribution in [3.05, 3.63) is 75.2 Å². The van der Waals surface area contributed by atoms with Crippen LogP contribution in [0.5, 0.6) is 11.5 Å². The molecule has 3 aromatic rings. The molecule has 2 aromatic carbocycles. The second-order valence-corrected chi connectivity index (χ2v) is 8.01. The average Bonchev–Trinajstić information content (AvgIpc) is 3.24. The maximum absolute atomic E-state index is 5.44. The van der Waals surface area contributed by atoms with E-state index >= 15 is 0 Å². The summed E-state index contributed by atoms with van der Waals surface area (Å²) in [5, 5.41) is 3.32. The van der Waals surface area contributed by atoms with Gasteiger partial charge in [0.2, 0.25) is 6.79 Å². The fourth-order valence-corrected chi connectivity index (χ4v) is 4.61. The van der Waals surface area contributed by atoms with Crippen molar-refractivity contribution in [2.75, 3.05) is 6.79 Å². The zero-order valence-electron chi connectivity index (χ0n) is 14.0. The van der Waals surface area contributed by atoms with Crippen molar-refractivity contribution in [1.82, 2.24) is 4.98 Å². The number of thioether (sulfide) groups is 1. The van der Waals surface area contributed by atoms with Gasteiger partial charge < -0.3 is 9.47 Å². The Bertz CT molecular complexity index is 876. The zero-order chi connectivity index (χ0) is 17.1. The van der Waals surface area contributed by atoms with E-state index in [1.807, 2.05) is 17.8 Å². The minimum atomic E-state index is 0.318. The van der Waals surface area contributed by atoms with Crippen LogP contribution in [-0.4, -0.2) is 11.8 Å². The number of thiazole rings is 1. The van der Waals surface area contributed by atoms with Crippen LogP contribution >= 0.6 is 23.1 Å². The van der Waals surface area contributed by atoms with Crippen LogP contribution in [0.25, 0.3) is 0 Å². The molecule has 0 radical (unpaired) electrons. The molecule has 4 rings (SSSR count). The second-order valence-electron chi connectivity index (χ2n) is 6.08. The van der Waals surface area contributed by atoms with E-state index in [0.29, 0.717) is 6.79 Å². The zero-order valence-corrected chi connectivity index (χ0v) is 15.7. The normalized spacial score (nSPS) is 12.5. The lowest BCUT2D eigenvalue weighted by Gasteiger charge is -2.02. The van der Waals surface area contributed by atoms with E-state index in [4.69, 9.17) is 14.5 Å². The lowest BCUT2D eigenvalue weighted by Crippen LogP contribution is -1.93. The Hall–Kier alpha value is -1.98. The smallest absolute Gasteiger partial charge is 0.231 e. The van der Waals surface area contributed by atoms with Crippen LogP contribution in [0.4, 0.5) is 0 Å². The molecular formula is C20H19NO2S2. The van der Waals surface area contributed by atoms with Gasteiger partial charge in [-0.25, -0.2) is 4.98 Å². The minimum Gasteiger partial charge on any atom is -0.454 e. The van der Waals surface area contributed by atoms with E-state index in [9.17, 15) is 0 Å². The highest BCUT2D eigenvalue weighted by Crippen LogP contribution is 2.33. The first-order valence-corrected chi connectivity index (χ1v) is 10.2. The third-order valence-electron chi connectivity index (χ3n) is 3.99. The minimum absolute atomic E-state index is 0.318. The van der Waals surface area contributed by atoms with E-state index < -0.39 is 0 Å². The first-order chi connectivity index (χ1) is 12.3. The summed E-state index contributed by atoms with van der Waals surface area (Å²) in [5.74, 6) is 3.64. The first-order valence-electron chi connectivity index (χ1n) is 8.21. The molecule has 25 heavy (non-hydrogen) atoms. The molecule has 5 heteroatoms. The summed E-state index contributed by atoms with van der Waals surface area (Å²) in [7, 11) is 0. The number of nitrogens with zero attached hydrogens (tertiary/aromatic N) is 1. The molecule has 0 saturated heterocycles. The van der Waals surface area contributed by atoms with E-state index in [1.165, 1.54) is 22.4 Å². The van der Waals surface area contributed by atoms with E-state index in [-0.39, 0.29) is 0 Å². The highest BCUT2D eigenvalue weighted by atomic mass is 32.2. The molecule has 0 N–H and O–H groups in total. The SMILES string of the molecule is Cc1cccc(CSCc2csc(Cc3ccc4c(c3)OCO4)n2)c1. The van der Waals surface area contributed by atoms with Gasteiger partial charge in [-0.2, -0.15) is 11.8 Å². The summed E-state index contributed by atoms with van der Waals surface area (Å²) in [4.78, 5) is 4.77. The fourth-order valence-electron chi connectivity index (χ4n) is 2.80. The molecule has 2 heterocycles. The van der Waals surface area contributed by atoms with Crippen LogP contribution < -0.4 is 9.47 Å². The van der Waals surface area contributed by atoms with Crippen molar-refractivity contribution in [3.8, 4) is 11.5 Å². The van der Waals surface area contributed by atoms with Crippen LogP contribution in [0, 0.1) is 6.92 Å². The van der Waals surface area contributed by atoms with Gasteiger partial charge in [-0.1, -0.05) is 35.9 Å². The molecule has 1 aromatic heterocycles. The fraction of sp³-hybridized carbons (Fsp3) is 0.250. The van der Waals surface area contributed by atoms with Gasteiger partial charge in [0.25, 0.3) is 0 Å². The molecule has 0 fully saturated rings. The number of aromatic nitrogens is 1. The van der Waals surface area contributed by atoms with Crippen molar-refractivity contribution in [2.24, 2.45) is 0 Å². The molecule has 128 valence electrons. The van der Waals surface area contributed by atoms with Crippen LogP contribution in [0.3, 0.4) is 0 Å². The maximum Gasteiger partial charge on any atom is 0.231 e. The van der Waals surface area contributed by atoms with E-state index in [1.54, 1.807) is 11.3 Å². The summed E-state index contributed by atoms with van der Waals surface area (Å²) < 4.78 is 10.8. The summed E-state index contributed by atoms with van der Waals surface area (Å²) in [6, 6.07) is 14.8. The topological polar surface area (TPSA) is 31.4 Å². The van der Waals surface area contributed by atoms with Gasteiger partial charge in [-0.3, -0.25) is 0 Å². The van der Waals surface area contributed by atoms with Crippen LogP contribution in [-0.2, 0) is 17.9 Å². The number of hydrogen-bond donors (Lipinski definition) is 0. The van der Waals surface area contributed by atoms with Gasteiger partial charge in [0.15, 0.2) is 11.5 Å². The lowest BCUT2D eigenvalue weighted by atomic mass is 10.1. The molecule has 3 nitrogen and oxygen atoms in total. The largest absolute Gasteiger partial charge is 0.454 e. The standard InChI is InChI=1S/C20H19NO2S2/c1-14-3-2-4-16(7-14)10-24-11-17-12-25-20(21-17)9-15-5-6-18-19(8-15)23-13-22-18/h2-8,12H,9-11,13H2,1H3. The maximum atomic E-state index is 5.44. The molecule has 0 spiro atoms. The predicted octanol–water partition coefficient (Wildman–Crippen LogP) is 5.20. The molecule has 0 unspecified atom stereocenters. The number of fused-ring (bicyclic) bond motifs is 1. The van der Waals surface area contributed by atoms with Crippen LogP contribution in [0.1, 0.15) is 27.4 Å². The van der Waals surface area contributed by atoms with Crippen molar-refractivity contribution < 1.29 is 9.47 Å². The molecule has 0 aliphatic carbocycles. The quantitative estimate of drug-likeness (QED) is 0.597. The van der Waals surface area contributed by atoms with Crippen molar-refractivity contribution in [3.63, 3.8) is 0 Å². The van der Waals surface area contributed by atoms with Crippen LogP contribution in [0.15, 0.2) is 47.8 Å². The number of benzene rings is 2. The van der Waals surface area contributed by atoms with Gasteiger partial charge in [-0.15, -0.1) is 11.3 Å². The Morgan fingerprint density at radius 1 is 1.04 bits per heavy atom. The number of aryl methyl sites for hydroxylation is 1.